The molecule has 6 rings (SSSR count). The first-order valence-corrected chi connectivity index (χ1v) is 14.1. The molecule has 1 N–H and O–H groups in total. The van der Waals surface area contributed by atoms with E-state index in [4.69, 9.17) is 16.3 Å². The van der Waals surface area contributed by atoms with Gasteiger partial charge in [0, 0.05) is 64.9 Å². The third kappa shape index (κ3) is 4.26. The van der Waals surface area contributed by atoms with Crippen LogP contribution in [0.4, 0.5) is 5.69 Å². The molecule has 3 aromatic rings. The zero-order valence-corrected chi connectivity index (χ0v) is 23.0. The predicted octanol–water partition coefficient (Wildman–Crippen LogP) is 4.31. The number of aryl methyl sites for hydroxylation is 1. The van der Waals surface area contributed by atoms with Gasteiger partial charge in [0.15, 0.2) is 0 Å². The molecule has 10 heteroatoms. The molecular weight excluding hydrogens is 524 g/mol. The highest BCUT2D eigenvalue weighted by atomic mass is 35.5. The van der Waals surface area contributed by atoms with Crippen molar-refractivity contribution in [2.24, 2.45) is 0 Å². The number of benzene rings is 1. The fraction of sp³-hybridized carbons (Fsp3) is 0.429. The van der Waals surface area contributed by atoms with Gasteiger partial charge in [0.25, 0.3) is 0 Å². The van der Waals surface area contributed by atoms with Gasteiger partial charge in [0.1, 0.15) is 5.54 Å². The minimum Gasteiger partial charge on any atom is -0.468 e. The van der Waals surface area contributed by atoms with Crippen LogP contribution < -0.4 is 10.2 Å². The normalized spacial score (nSPS) is 23.4. The molecule has 198 valence electrons. The number of imide groups is 1. The van der Waals surface area contributed by atoms with Crippen LogP contribution in [0.3, 0.4) is 0 Å². The zero-order valence-electron chi connectivity index (χ0n) is 21.4. The van der Waals surface area contributed by atoms with Gasteiger partial charge in [0.05, 0.1) is 23.9 Å². The van der Waals surface area contributed by atoms with Gasteiger partial charge < -0.3 is 9.64 Å². The van der Waals surface area contributed by atoms with E-state index in [2.05, 4.69) is 21.3 Å². The molecule has 0 bridgehead atoms. The molecular formula is C28H29ClN4O4S. The highest BCUT2D eigenvalue weighted by molar-refractivity contribution is 7.19. The maximum absolute atomic E-state index is 12.5. The van der Waals surface area contributed by atoms with E-state index in [9.17, 15) is 14.4 Å². The summed E-state index contributed by atoms with van der Waals surface area (Å²) in [4.78, 5) is 46.2. The number of carbonyl (C=O) groups is 3. The summed E-state index contributed by atoms with van der Waals surface area (Å²) in [5, 5.41) is 4.08. The smallest absolute Gasteiger partial charge is 0.325 e. The molecule has 0 unspecified atom stereocenters. The van der Waals surface area contributed by atoms with Gasteiger partial charge in [0.2, 0.25) is 11.8 Å². The van der Waals surface area contributed by atoms with E-state index in [-0.39, 0.29) is 43.2 Å². The lowest BCUT2D eigenvalue weighted by Crippen LogP contribution is -2.45. The average Bonchev–Trinajstić information content (AvgIpc) is 3.60. The van der Waals surface area contributed by atoms with E-state index in [1.54, 1.807) is 17.5 Å². The van der Waals surface area contributed by atoms with Crippen LogP contribution in [-0.2, 0) is 32.1 Å². The Balaban J connectivity index is 1.41. The standard InChI is InChI=1S/C28H29ClN4O4S/c1-28(27(36)37-2)13-18(14-31-28)32-9-3-4-16-10-17(29)11-21(25(16)32)20-7-8-30-22-12-19(38-26(20)22)15-33-23(34)5-6-24(33)35/h7-8,10-12,18,31H,3-6,9,13-15H2,1-2H3/t18-,28-/m1/s1. The largest absolute Gasteiger partial charge is 0.468 e. The lowest BCUT2D eigenvalue weighted by atomic mass is 9.91. The summed E-state index contributed by atoms with van der Waals surface area (Å²) in [7, 11) is 1.43. The predicted molar refractivity (Wildman–Crippen MR) is 147 cm³/mol. The number of likely N-dealkylation sites (tertiary alicyclic amines) is 1. The van der Waals surface area contributed by atoms with E-state index in [0.717, 1.165) is 51.3 Å². The van der Waals surface area contributed by atoms with Crippen LogP contribution in [0, 0.1) is 0 Å². The molecule has 0 spiro atoms. The molecule has 5 heterocycles. The van der Waals surface area contributed by atoms with Gasteiger partial charge in [-0.15, -0.1) is 11.3 Å². The number of rotatable bonds is 5. The number of esters is 1. The van der Waals surface area contributed by atoms with Crippen molar-refractivity contribution in [3.63, 3.8) is 0 Å². The Bertz CT molecular complexity index is 1460. The second-order valence-electron chi connectivity index (χ2n) is 10.5. The molecule has 1 aromatic carbocycles. The van der Waals surface area contributed by atoms with Crippen molar-refractivity contribution in [3.8, 4) is 11.1 Å². The molecule has 3 aliphatic heterocycles. The van der Waals surface area contributed by atoms with E-state index in [1.165, 1.54) is 17.6 Å². The minimum atomic E-state index is -0.722. The van der Waals surface area contributed by atoms with Crippen molar-refractivity contribution < 1.29 is 19.1 Å². The summed E-state index contributed by atoms with van der Waals surface area (Å²) in [5.74, 6) is -0.487. The van der Waals surface area contributed by atoms with Crippen LogP contribution in [0.5, 0.6) is 0 Å². The van der Waals surface area contributed by atoms with Crippen LogP contribution in [-0.4, -0.2) is 59.4 Å². The molecule has 0 saturated carbocycles. The number of methoxy groups -OCH3 is 1. The quantitative estimate of drug-likeness (QED) is 0.372. The van der Waals surface area contributed by atoms with Crippen LogP contribution in [0.1, 0.15) is 43.0 Å². The summed E-state index contributed by atoms with van der Waals surface area (Å²) in [6, 6.07) is 8.18. The van der Waals surface area contributed by atoms with Crippen molar-refractivity contribution >= 4 is 56.6 Å². The second-order valence-corrected chi connectivity index (χ2v) is 12.1. The Hall–Kier alpha value is -3.01. The Kier molecular flexibility index (Phi) is 6.40. The first-order chi connectivity index (χ1) is 18.3. The maximum Gasteiger partial charge on any atom is 0.325 e. The summed E-state index contributed by atoms with van der Waals surface area (Å²) < 4.78 is 6.07. The third-order valence-electron chi connectivity index (χ3n) is 7.96. The summed E-state index contributed by atoms with van der Waals surface area (Å²) in [5.41, 5.74) is 4.51. The number of nitrogens with one attached hydrogen (secondary N) is 1. The number of amides is 2. The zero-order chi connectivity index (χ0) is 26.6. The first-order valence-electron chi connectivity index (χ1n) is 12.9. The molecule has 2 aromatic heterocycles. The molecule has 2 amide bonds. The summed E-state index contributed by atoms with van der Waals surface area (Å²) in [6.07, 6.45) is 4.94. The van der Waals surface area contributed by atoms with Crippen molar-refractivity contribution in [1.82, 2.24) is 15.2 Å². The van der Waals surface area contributed by atoms with E-state index < -0.39 is 5.54 Å². The van der Waals surface area contributed by atoms with Crippen molar-refractivity contribution in [2.45, 2.75) is 57.2 Å². The van der Waals surface area contributed by atoms with Crippen LogP contribution in [0.2, 0.25) is 5.02 Å². The number of fused-ring (bicyclic) bond motifs is 2. The van der Waals surface area contributed by atoms with Crippen LogP contribution >= 0.6 is 22.9 Å². The fourth-order valence-electron chi connectivity index (χ4n) is 6.10. The van der Waals surface area contributed by atoms with Gasteiger partial charge in [-0.1, -0.05) is 11.6 Å². The average molecular weight is 553 g/mol. The maximum atomic E-state index is 12.5. The highest BCUT2D eigenvalue weighted by Gasteiger charge is 2.45. The van der Waals surface area contributed by atoms with Crippen LogP contribution in [0.15, 0.2) is 30.5 Å². The van der Waals surface area contributed by atoms with Crippen molar-refractivity contribution in [3.05, 3.63) is 45.9 Å². The summed E-state index contributed by atoms with van der Waals surface area (Å²) in [6.45, 7) is 3.74. The number of hydrogen-bond donors (Lipinski definition) is 1. The number of aromatic nitrogens is 1. The van der Waals surface area contributed by atoms with Gasteiger partial charge in [-0.05, 0) is 56.0 Å². The van der Waals surface area contributed by atoms with Gasteiger partial charge in [-0.3, -0.25) is 29.6 Å². The number of hydrogen-bond acceptors (Lipinski definition) is 8. The topological polar surface area (TPSA) is 91.8 Å². The number of pyridine rings is 1. The van der Waals surface area contributed by atoms with Gasteiger partial charge in [-0.25, -0.2) is 0 Å². The monoisotopic (exact) mass is 552 g/mol. The SMILES string of the molecule is COC(=O)[C@@]1(C)C[C@@H](N2CCCc3cc(Cl)cc(-c4ccnc5cc(CN6C(=O)CCC6=O)sc45)c32)CN1. The number of anilines is 1. The number of nitrogens with zero attached hydrogens (tertiary/aromatic N) is 3. The molecule has 0 radical (unpaired) electrons. The Morgan fingerprint density at radius 1 is 1.21 bits per heavy atom. The van der Waals surface area contributed by atoms with E-state index in [1.807, 2.05) is 25.1 Å². The molecule has 38 heavy (non-hydrogen) atoms. The van der Waals surface area contributed by atoms with Crippen molar-refractivity contribution in [1.29, 1.82) is 0 Å². The number of ether oxygens (including phenoxy) is 1. The Morgan fingerprint density at radius 2 is 2.00 bits per heavy atom. The third-order valence-corrected chi connectivity index (χ3v) is 9.32. The Labute approximate surface area is 229 Å². The van der Waals surface area contributed by atoms with Gasteiger partial charge >= 0.3 is 5.97 Å². The minimum absolute atomic E-state index is 0.121. The molecule has 2 fully saturated rings. The molecule has 2 saturated heterocycles. The fourth-order valence-corrected chi connectivity index (χ4v) is 7.47. The molecule has 2 atom stereocenters. The lowest BCUT2D eigenvalue weighted by molar-refractivity contribution is -0.147. The number of carbonyl (C=O) groups excluding carboxylic acids is 3. The number of thiophene rings is 1. The van der Waals surface area contributed by atoms with E-state index in [0.29, 0.717) is 18.0 Å². The molecule has 0 aliphatic carbocycles. The van der Waals surface area contributed by atoms with Crippen LogP contribution in [0.25, 0.3) is 21.3 Å². The number of halogens is 1. The molecule has 8 nitrogen and oxygen atoms in total. The first kappa shape index (κ1) is 25.3. The van der Waals surface area contributed by atoms with E-state index >= 15 is 0 Å². The Morgan fingerprint density at radius 3 is 2.76 bits per heavy atom. The lowest BCUT2D eigenvalue weighted by Gasteiger charge is -2.38. The van der Waals surface area contributed by atoms with Gasteiger partial charge in [-0.2, -0.15) is 0 Å². The van der Waals surface area contributed by atoms with Crippen molar-refractivity contribution in [2.75, 3.05) is 25.1 Å². The second kappa shape index (κ2) is 9.63. The highest BCUT2D eigenvalue weighted by Crippen LogP contribution is 2.45. The summed E-state index contributed by atoms with van der Waals surface area (Å²) >= 11 is 8.22. The molecule has 3 aliphatic rings.